The number of hydrogen-bond donors (Lipinski definition) is 1. The number of hydrogen-bond acceptors (Lipinski definition) is 5. The summed E-state index contributed by atoms with van der Waals surface area (Å²) in [5, 5.41) is 6.29. The van der Waals surface area contributed by atoms with Gasteiger partial charge in [-0.3, -0.25) is 14.8 Å². The van der Waals surface area contributed by atoms with E-state index in [-0.39, 0.29) is 11.7 Å². The second-order valence-electron chi connectivity index (χ2n) is 4.31. The van der Waals surface area contributed by atoms with Crippen LogP contribution in [-0.4, -0.2) is 21.0 Å². The lowest BCUT2D eigenvalue weighted by Gasteiger charge is -2.08. The van der Waals surface area contributed by atoms with Crippen molar-refractivity contribution in [1.29, 1.82) is 0 Å². The largest absolute Gasteiger partial charge is 0.351 e. The summed E-state index contributed by atoms with van der Waals surface area (Å²) in [6.45, 7) is 0.345. The normalized spacial score (nSPS) is 10.3. The van der Waals surface area contributed by atoms with Crippen LogP contribution in [0, 0.1) is 0 Å². The molecular weight excluding hydrogens is 268 g/mol. The van der Waals surface area contributed by atoms with Gasteiger partial charge >= 0.3 is 0 Å². The molecule has 0 aliphatic rings. The van der Waals surface area contributed by atoms with E-state index in [1.807, 2.05) is 24.3 Å². The predicted octanol–water partition coefficient (Wildman–Crippen LogP) is 2.06. The molecule has 6 heteroatoms. The Morgan fingerprint density at radius 1 is 1.14 bits per heavy atom. The van der Waals surface area contributed by atoms with Gasteiger partial charge in [-0.15, -0.1) is 0 Å². The van der Waals surface area contributed by atoms with Crippen LogP contribution in [-0.2, 0) is 6.54 Å². The summed E-state index contributed by atoms with van der Waals surface area (Å²) in [7, 11) is 0. The monoisotopic (exact) mass is 280 g/mol. The molecule has 0 radical (unpaired) electrons. The van der Waals surface area contributed by atoms with Gasteiger partial charge in [-0.1, -0.05) is 11.2 Å². The lowest BCUT2D eigenvalue weighted by Crippen LogP contribution is -2.22. The summed E-state index contributed by atoms with van der Waals surface area (Å²) in [6, 6.07) is 9.03. The molecule has 3 aromatic rings. The number of aromatic nitrogens is 3. The molecule has 0 saturated heterocycles. The van der Waals surface area contributed by atoms with Crippen LogP contribution in [0.4, 0.5) is 0 Å². The highest BCUT2D eigenvalue weighted by atomic mass is 16.5. The van der Waals surface area contributed by atoms with E-state index in [4.69, 9.17) is 4.52 Å². The van der Waals surface area contributed by atoms with E-state index in [1.54, 1.807) is 18.6 Å². The van der Waals surface area contributed by atoms with Crippen LogP contribution in [0.1, 0.15) is 16.1 Å². The third kappa shape index (κ3) is 2.94. The van der Waals surface area contributed by atoms with Crippen LogP contribution in [0.3, 0.4) is 0 Å². The van der Waals surface area contributed by atoms with Crippen molar-refractivity contribution >= 4 is 5.91 Å². The Hall–Kier alpha value is -3.02. The molecule has 0 aliphatic heterocycles. The highest BCUT2D eigenvalue weighted by molar-refractivity contribution is 5.91. The van der Waals surface area contributed by atoms with E-state index in [0.717, 1.165) is 16.8 Å². The van der Waals surface area contributed by atoms with Crippen molar-refractivity contribution in [2.45, 2.75) is 6.54 Å². The first-order chi connectivity index (χ1) is 10.3. The van der Waals surface area contributed by atoms with Gasteiger partial charge in [0.25, 0.3) is 5.91 Å². The Balaban J connectivity index is 1.79. The second kappa shape index (κ2) is 5.96. The molecular formula is C15H12N4O2. The van der Waals surface area contributed by atoms with Crippen LogP contribution in [0.2, 0.25) is 0 Å². The van der Waals surface area contributed by atoms with Gasteiger partial charge in [0.2, 0.25) is 5.76 Å². The zero-order chi connectivity index (χ0) is 14.5. The van der Waals surface area contributed by atoms with Crippen molar-refractivity contribution in [3.8, 4) is 11.3 Å². The summed E-state index contributed by atoms with van der Waals surface area (Å²) >= 11 is 0. The molecule has 0 unspecified atom stereocenters. The Morgan fingerprint density at radius 2 is 2.05 bits per heavy atom. The SMILES string of the molecule is O=C(NCc1cccnc1-c1cccnc1)c1ccno1. The zero-order valence-electron chi connectivity index (χ0n) is 11.1. The molecule has 0 aliphatic carbocycles. The standard InChI is InChI=1S/C15H12N4O2/c20-15(13-5-8-19-21-13)18-10-12-4-2-7-17-14(12)11-3-1-6-16-9-11/h1-9H,10H2,(H,18,20). The molecule has 1 amide bonds. The molecule has 3 aromatic heterocycles. The van der Waals surface area contributed by atoms with Crippen LogP contribution in [0.5, 0.6) is 0 Å². The van der Waals surface area contributed by atoms with Gasteiger partial charge in [0.1, 0.15) is 0 Å². The smallest absolute Gasteiger partial charge is 0.290 e. The maximum absolute atomic E-state index is 11.8. The fourth-order valence-electron chi connectivity index (χ4n) is 1.94. The molecule has 0 spiro atoms. The summed E-state index contributed by atoms with van der Waals surface area (Å²) < 4.78 is 4.81. The van der Waals surface area contributed by atoms with E-state index in [0.29, 0.717) is 6.54 Å². The third-order valence-corrected chi connectivity index (χ3v) is 2.93. The number of rotatable bonds is 4. The van der Waals surface area contributed by atoms with Crippen molar-refractivity contribution < 1.29 is 9.32 Å². The predicted molar refractivity (Wildman–Crippen MR) is 75.1 cm³/mol. The minimum Gasteiger partial charge on any atom is -0.351 e. The van der Waals surface area contributed by atoms with E-state index >= 15 is 0 Å². The molecule has 0 aromatic carbocycles. The second-order valence-corrected chi connectivity index (χ2v) is 4.31. The van der Waals surface area contributed by atoms with Gasteiger partial charge in [0.15, 0.2) is 0 Å². The zero-order valence-corrected chi connectivity index (χ0v) is 11.1. The molecule has 0 fully saturated rings. The lowest BCUT2D eigenvalue weighted by atomic mass is 10.1. The van der Waals surface area contributed by atoms with Gasteiger partial charge < -0.3 is 9.84 Å². The number of nitrogens with one attached hydrogen (secondary N) is 1. The van der Waals surface area contributed by atoms with Crippen molar-refractivity contribution in [3.63, 3.8) is 0 Å². The Labute approximate surface area is 120 Å². The lowest BCUT2D eigenvalue weighted by molar-refractivity contribution is 0.0914. The fourth-order valence-corrected chi connectivity index (χ4v) is 1.94. The molecule has 0 atom stereocenters. The van der Waals surface area contributed by atoms with E-state index in [2.05, 4.69) is 20.4 Å². The maximum Gasteiger partial charge on any atom is 0.290 e. The summed E-state index contributed by atoms with van der Waals surface area (Å²) in [5.74, 6) is -0.129. The number of nitrogens with zero attached hydrogens (tertiary/aromatic N) is 3. The number of carbonyl (C=O) groups excluding carboxylic acids is 1. The molecule has 6 nitrogen and oxygen atoms in total. The summed E-state index contributed by atoms with van der Waals surface area (Å²) in [5.41, 5.74) is 2.60. The first-order valence-corrected chi connectivity index (χ1v) is 6.38. The summed E-state index contributed by atoms with van der Waals surface area (Å²) in [6.07, 6.45) is 6.59. The van der Waals surface area contributed by atoms with E-state index < -0.39 is 0 Å². The highest BCUT2D eigenvalue weighted by Crippen LogP contribution is 2.19. The van der Waals surface area contributed by atoms with Gasteiger partial charge in [0, 0.05) is 36.8 Å². The Kier molecular flexibility index (Phi) is 3.68. The van der Waals surface area contributed by atoms with Crippen LogP contribution in [0.15, 0.2) is 59.6 Å². The number of pyridine rings is 2. The molecule has 0 saturated carbocycles. The van der Waals surface area contributed by atoms with Crippen molar-refractivity contribution in [1.82, 2.24) is 20.4 Å². The van der Waals surface area contributed by atoms with Crippen molar-refractivity contribution in [2.75, 3.05) is 0 Å². The average molecular weight is 280 g/mol. The van der Waals surface area contributed by atoms with Gasteiger partial charge in [-0.25, -0.2) is 0 Å². The third-order valence-electron chi connectivity index (χ3n) is 2.93. The molecule has 0 bridgehead atoms. The number of carbonyl (C=O) groups is 1. The quantitative estimate of drug-likeness (QED) is 0.791. The van der Waals surface area contributed by atoms with Crippen LogP contribution < -0.4 is 5.32 Å². The number of amides is 1. The Morgan fingerprint density at radius 3 is 2.81 bits per heavy atom. The van der Waals surface area contributed by atoms with Crippen LogP contribution >= 0.6 is 0 Å². The van der Waals surface area contributed by atoms with Crippen molar-refractivity contribution in [3.05, 3.63) is 66.4 Å². The molecule has 3 heterocycles. The fraction of sp³-hybridized carbons (Fsp3) is 0.0667. The first-order valence-electron chi connectivity index (χ1n) is 6.38. The van der Waals surface area contributed by atoms with Crippen molar-refractivity contribution in [2.24, 2.45) is 0 Å². The van der Waals surface area contributed by atoms with E-state index in [9.17, 15) is 4.79 Å². The Bertz CT molecular complexity index is 726. The van der Waals surface area contributed by atoms with Gasteiger partial charge in [0.05, 0.1) is 11.9 Å². The molecule has 104 valence electrons. The van der Waals surface area contributed by atoms with Gasteiger partial charge in [-0.05, 0) is 23.8 Å². The maximum atomic E-state index is 11.8. The van der Waals surface area contributed by atoms with Gasteiger partial charge in [-0.2, -0.15) is 0 Å². The highest BCUT2D eigenvalue weighted by Gasteiger charge is 2.11. The summed E-state index contributed by atoms with van der Waals surface area (Å²) in [4.78, 5) is 20.3. The average Bonchev–Trinajstić information content (AvgIpc) is 3.08. The first kappa shape index (κ1) is 13.0. The van der Waals surface area contributed by atoms with E-state index in [1.165, 1.54) is 12.3 Å². The van der Waals surface area contributed by atoms with Crippen LogP contribution in [0.25, 0.3) is 11.3 Å². The minimum absolute atomic E-state index is 0.182. The molecule has 21 heavy (non-hydrogen) atoms. The minimum atomic E-state index is -0.312. The molecule has 3 rings (SSSR count). The molecule has 1 N–H and O–H groups in total. The topological polar surface area (TPSA) is 80.9 Å².